The average molecular weight is 321 g/mol. The van der Waals surface area contributed by atoms with Crippen molar-refractivity contribution in [1.82, 2.24) is 5.32 Å². The van der Waals surface area contributed by atoms with Gasteiger partial charge in [0, 0.05) is 12.1 Å². The van der Waals surface area contributed by atoms with Gasteiger partial charge in [-0.25, -0.2) is 4.79 Å². The summed E-state index contributed by atoms with van der Waals surface area (Å²) >= 11 is 0. The van der Waals surface area contributed by atoms with Crippen molar-refractivity contribution in [3.8, 4) is 11.5 Å². The molecule has 1 aromatic rings. The van der Waals surface area contributed by atoms with E-state index in [2.05, 4.69) is 12.2 Å². The molecule has 1 aliphatic rings. The highest BCUT2D eigenvalue weighted by molar-refractivity contribution is 5.91. The highest BCUT2D eigenvalue weighted by Crippen LogP contribution is 2.25. The maximum absolute atomic E-state index is 12.1. The Labute approximate surface area is 135 Å². The molecule has 0 saturated heterocycles. The van der Waals surface area contributed by atoms with Crippen molar-refractivity contribution in [3.63, 3.8) is 0 Å². The van der Waals surface area contributed by atoms with E-state index in [1.54, 1.807) is 6.07 Å². The van der Waals surface area contributed by atoms with E-state index in [0.717, 1.165) is 19.3 Å². The van der Waals surface area contributed by atoms with Gasteiger partial charge in [-0.05, 0) is 30.9 Å². The molecular weight excluding hydrogens is 298 g/mol. The first-order valence-corrected chi connectivity index (χ1v) is 7.84. The van der Waals surface area contributed by atoms with Crippen LogP contribution in [0.3, 0.4) is 0 Å². The third-order valence-electron chi connectivity index (χ3n) is 4.24. The van der Waals surface area contributed by atoms with Gasteiger partial charge in [0.05, 0.1) is 7.11 Å². The summed E-state index contributed by atoms with van der Waals surface area (Å²) in [5, 5.41) is 12.1. The zero-order valence-electron chi connectivity index (χ0n) is 13.5. The lowest BCUT2D eigenvalue weighted by atomic mass is 9.86. The Morgan fingerprint density at radius 3 is 2.70 bits per heavy atom. The molecule has 0 aromatic heterocycles. The van der Waals surface area contributed by atoms with Crippen LogP contribution in [0.5, 0.6) is 11.5 Å². The second-order valence-corrected chi connectivity index (χ2v) is 5.89. The van der Waals surface area contributed by atoms with Gasteiger partial charge in [-0.3, -0.25) is 4.79 Å². The smallest absolute Gasteiger partial charge is 0.339 e. The normalized spacial score (nSPS) is 20.6. The molecule has 0 heterocycles. The lowest BCUT2D eigenvalue weighted by molar-refractivity contribution is -0.124. The maximum atomic E-state index is 12.1. The molecule has 6 heteroatoms. The highest BCUT2D eigenvalue weighted by Gasteiger charge is 2.23. The second-order valence-electron chi connectivity index (χ2n) is 5.89. The number of benzene rings is 1. The number of methoxy groups -OCH3 is 1. The van der Waals surface area contributed by atoms with E-state index in [-0.39, 0.29) is 29.9 Å². The Morgan fingerprint density at radius 1 is 1.30 bits per heavy atom. The molecule has 23 heavy (non-hydrogen) atoms. The lowest BCUT2D eigenvalue weighted by Crippen LogP contribution is -2.43. The van der Waals surface area contributed by atoms with E-state index in [9.17, 15) is 9.59 Å². The van der Waals surface area contributed by atoms with Crippen LogP contribution in [-0.2, 0) is 4.79 Å². The Balaban J connectivity index is 1.96. The number of hydrogen-bond acceptors (Lipinski definition) is 4. The van der Waals surface area contributed by atoms with Gasteiger partial charge in [-0.1, -0.05) is 19.8 Å². The van der Waals surface area contributed by atoms with Crippen molar-refractivity contribution in [2.45, 2.75) is 38.6 Å². The molecule has 1 saturated carbocycles. The first-order valence-electron chi connectivity index (χ1n) is 7.84. The average Bonchev–Trinajstić information content (AvgIpc) is 2.54. The summed E-state index contributed by atoms with van der Waals surface area (Å²) in [4.78, 5) is 23.3. The van der Waals surface area contributed by atoms with Crippen LogP contribution in [0.4, 0.5) is 0 Å². The largest absolute Gasteiger partial charge is 0.497 e. The Hall–Kier alpha value is -2.24. The number of ether oxygens (including phenoxy) is 2. The quantitative estimate of drug-likeness (QED) is 0.841. The monoisotopic (exact) mass is 321 g/mol. The molecule has 0 aliphatic heterocycles. The van der Waals surface area contributed by atoms with E-state index < -0.39 is 5.97 Å². The molecule has 126 valence electrons. The van der Waals surface area contributed by atoms with Gasteiger partial charge in [-0.2, -0.15) is 0 Å². The molecule has 6 nitrogen and oxygen atoms in total. The molecule has 0 unspecified atom stereocenters. The number of hydrogen-bond donors (Lipinski definition) is 2. The molecule has 2 rings (SSSR count). The molecular formula is C17H23NO5. The molecule has 0 bridgehead atoms. The number of aromatic carboxylic acids is 1. The number of carboxylic acid groups (broad SMARTS) is 1. The van der Waals surface area contributed by atoms with Crippen molar-refractivity contribution in [1.29, 1.82) is 0 Å². The summed E-state index contributed by atoms with van der Waals surface area (Å²) in [6.07, 6.45) is 4.42. The molecule has 1 aromatic carbocycles. The summed E-state index contributed by atoms with van der Waals surface area (Å²) in [5.74, 6) is -0.277. The van der Waals surface area contributed by atoms with Crippen LogP contribution in [-0.4, -0.2) is 36.7 Å². The summed E-state index contributed by atoms with van der Waals surface area (Å²) in [5.41, 5.74) is 0.00429. The predicted molar refractivity (Wildman–Crippen MR) is 85.0 cm³/mol. The number of amides is 1. The number of rotatable bonds is 6. The number of carbonyl (C=O) groups excluding carboxylic acids is 1. The summed E-state index contributed by atoms with van der Waals surface area (Å²) in [6, 6.07) is 4.58. The van der Waals surface area contributed by atoms with E-state index >= 15 is 0 Å². The van der Waals surface area contributed by atoms with E-state index in [4.69, 9.17) is 14.6 Å². The molecule has 0 radical (unpaired) electrons. The van der Waals surface area contributed by atoms with Crippen molar-refractivity contribution in [2.24, 2.45) is 5.92 Å². The third kappa shape index (κ3) is 4.61. The fourth-order valence-corrected chi connectivity index (χ4v) is 2.85. The number of nitrogens with one attached hydrogen (secondary N) is 1. The van der Waals surface area contributed by atoms with Crippen molar-refractivity contribution < 1.29 is 24.2 Å². The van der Waals surface area contributed by atoms with Crippen LogP contribution in [0.1, 0.15) is 43.0 Å². The Bertz CT molecular complexity index is 572. The summed E-state index contributed by atoms with van der Waals surface area (Å²) in [7, 11) is 1.48. The van der Waals surface area contributed by atoms with E-state index in [1.165, 1.54) is 25.7 Å². The second kappa shape index (κ2) is 7.85. The first kappa shape index (κ1) is 17.1. The molecule has 0 spiro atoms. The van der Waals surface area contributed by atoms with Crippen molar-refractivity contribution >= 4 is 11.9 Å². The predicted octanol–water partition coefficient (Wildman–Crippen LogP) is 2.47. The van der Waals surface area contributed by atoms with Gasteiger partial charge in [0.2, 0.25) is 0 Å². The Morgan fingerprint density at radius 2 is 2.04 bits per heavy atom. The van der Waals surface area contributed by atoms with Gasteiger partial charge in [0.25, 0.3) is 5.91 Å². The van der Waals surface area contributed by atoms with Crippen molar-refractivity contribution in [2.75, 3.05) is 13.7 Å². The highest BCUT2D eigenvalue weighted by atomic mass is 16.5. The van der Waals surface area contributed by atoms with Gasteiger partial charge < -0.3 is 19.9 Å². The fourth-order valence-electron chi connectivity index (χ4n) is 2.85. The van der Waals surface area contributed by atoms with Crippen LogP contribution in [0.2, 0.25) is 0 Å². The van der Waals surface area contributed by atoms with Gasteiger partial charge >= 0.3 is 5.97 Å². The lowest BCUT2D eigenvalue weighted by Gasteiger charge is -2.29. The van der Waals surface area contributed by atoms with Crippen molar-refractivity contribution in [3.05, 3.63) is 23.8 Å². The SMILES string of the molecule is COc1ccc(C(=O)O)c(OCC(=O)N[C@H]2CCCC[C@H]2C)c1. The zero-order valence-corrected chi connectivity index (χ0v) is 13.5. The van der Waals surface area contributed by atoms with Gasteiger partial charge in [0.1, 0.15) is 17.1 Å². The fraction of sp³-hybridized carbons (Fsp3) is 0.529. The van der Waals surface area contributed by atoms with Crippen LogP contribution >= 0.6 is 0 Å². The first-order chi connectivity index (χ1) is 11.0. The summed E-state index contributed by atoms with van der Waals surface area (Å²) < 4.78 is 10.5. The maximum Gasteiger partial charge on any atom is 0.339 e. The standard InChI is InChI=1S/C17H23NO5/c1-11-5-3-4-6-14(11)18-16(19)10-23-15-9-12(22-2)7-8-13(15)17(20)21/h7-9,11,14H,3-6,10H2,1-2H3,(H,18,19)(H,20,21)/t11-,14+/m1/s1. The summed E-state index contributed by atoms with van der Waals surface area (Å²) in [6.45, 7) is 1.92. The topological polar surface area (TPSA) is 84.9 Å². The number of carboxylic acids is 1. The zero-order chi connectivity index (χ0) is 16.8. The molecule has 2 N–H and O–H groups in total. The van der Waals surface area contributed by atoms with Crippen LogP contribution in [0.15, 0.2) is 18.2 Å². The molecule has 2 atom stereocenters. The van der Waals surface area contributed by atoms with Gasteiger partial charge in [-0.15, -0.1) is 0 Å². The van der Waals surface area contributed by atoms with E-state index in [0.29, 0.717) is 11.7 Å². The minimum atomic E-state index is -1.11. The minimum Gasteiger partial charge on any atom is -0.497 e. The minimum absolute atomic E-state index is 0.00429. The third-order valence-corrected chi connectivity index (χ3v) is 4.24. The Kier molecular flexibility index (Phi) is 5.84. The van der Waals surface area contributed by atoms with E-state index in [1.807, 2.05) is 0 Å². The number of carbonyl (C=O) groups is 2. The molecule has 1 amide bonds. The molecule has 1 aliphatic carbocycles. The van der Waals surface area contributed by atoms with Crippen LogP contribution in [0, 0.1) is 5.92 Å². The van der Waals surface area contributed by atoms with Crippen LogP contribution < -0.4 is 14.8 Å². The molecule has 1 fully saturated rings. The van der Waals surface area contributed by atoms with Gasteiger partial charge in [0.15, 0.2) is 6.61 Å². The van der Waals surface area contributed by atoms with Crippen LogP contribution in [0.25, 0.3) is 0 Å².